The van der Waals surface area contributed by atoms with Gasteiger partial charge in [0.1, 0.15) is 11.9 Å². The van der Waals surface area contributed by atoms with Crippen LogP contribution in [0.1, 0.15) is 30.0 Å². The van der Waals surface area contributed by atoms with Gasteiger partial charge in [0.15, 0.2) is 5.82 Å². The lowest BCUT2D eigenvalue weighted by Crippen LogP contribution is -2.24. The van der Waals surface area contributed by atoms with Crippen LogP contribution in [0.4, 0.5) is 5.13 Å². The van der Waals surface area contributed by atoms with Crippen LogP contribution in [-0.2, 0) is 0 Å². The zero-order chi connectivity index (χ0) is 12.7. The Kier molecular flexibility index (Phi) is 2.75. The molecule has 1 saturated heterocycles. The minimum Gasteiger partial charge on any atom is -0.391 e. The predicted octanol–water partition coefficient (Wildman–Crippen LogP) is 0.850. The van der Waals surface area contributed by atoms with E-state index in [0.717, 1.165) is 11.0 Å². The molecule has 0 aliphatic carbocycles. The largest absolute Gasteiger partial charge is 0.391 e. The first-order chi connectivity index (χ1) is 8.63. The Bertz CT molecular complexity index is 506. The highest BCUT2D eigenvalue weighted by atomic mass is 32.1. The molecule has 3 heterocycles. The zero-order valence-electron chi connectivity index (χ0n) is 10.1. The second-order valence-corrected chi connectivity index (χ2v) is 5.09. The number of rotatable bonds is 2. The normalized spacial score (nSPS) is 23.8. The lowest BCUT2D eigenvalue weighted by atomic mass is 10.2. The fourth-order valence-corrected chi connectivity index (χ4v) is 2.84. The summed E-state index contributed by atoms with van der Waals surface area (Å²) >= 11 is 1.32. The summed E-state index contributed by atoms with van der Waals surface area (Å²) in [6, 6.07) is -0.117. The van der Waals surface area contributed by atoms with Crippen LogP contribution in [0, 0.1) is 13.8 Å². The fourth-order valence-electron chi connectivity index (χ4n) is 2.11. The number of anilines is 1. The maximum atomic E-state index is 9.83. The van der Waals surface area contributed by atoms with E-state index in [1.807, 2.05) is 11.8 Å². The van der Waals surface area contributed by atoms with Crippen molar-refractivity contribution in [1.29, 1.82) is 0 Å². The smallest absolute Gasteiger partial charge is 0.249 e. The van der Waals surface area contributed by atoms with Gasteiger partial charge in [0.25, 0.3) is 0 Å². The number of aromatic nitrogens is 4. The molecule has 0 spiro atoms. The average Bonchev–Trinajstić information content (AvgIpc) is 2.98. The van der Waals surface area contributed by atoms with Crippen molar-refractivity contribution in [3.8, 4) is 0 Å². The fraction of sp³-hybridized carbons (Fsp3) is 0.600. The molecule has 0 bridgehead atoms. The molecule has 96 valence electrons. The molecule has 18 heavy (non-hydrogen) atoms. The van der Waals surface area contributed by atoms with Gasteiger partial charge in [0, 0.05) is 24.5 Å². The van der Waals surface area contributed by atoms with Gasteiger partial charge in [-0.1, -0.05) is 5.16 Å². The predicted molar refractivity (Wildman–Crippen MR) is 64.4 cm³/mol. The first kappa shape index (κ1) is 11.5. The van der Waals surface area contributed by atoms with Crippen molar-refractivity contribution in [2.45, 2.75) is 32.4 Å². The molecule has 1 aliphatic rings. The van der Waals surface area contributed by atoms with E-state index in [0.29, 0.717) is 24.7 Å². The molecule has 0 aromatic carbocycles. The number of aliphatic hydroxyl groups excluding tert-OH is 1. The number of hydrogen-bond donors (Lipinski definition) is 1. The topological polar surface area (TPSA) is 88.2 Å². The van der Waals surface area contributed by atoms with E-state index < -0.39 is 6.10 Å². The van der Waals surface area contributed by atoms with Gasteiger partial charge in [-0.25, -0.2) is 4.98 Å². The molecule has 1 fully saturated rings. The van der Waals surface area contributed by atoms with Gasteiger partial charge in [-0.2, -0.15) is 9.36 Å². The van der Waals surface area contributed by atoms with Crippen molar-refractivity contribution >= 4 is 16.7 Å². The highest BCUT2D eigenvalue weighted by Crippen LogP contribution is 2.36. The molecule has 2 aromatic heterocycles. The Morgan fingerprint density at radius 3 is 2.78 bits per heavy atom. The van der Waals surface area contributed by atoms with Crippen molar-refractivity contribution in [1.82, 2.24) is 19.5 Å². The van der Waals surface area contributed by atoms with E-state index in [-0.39, 0.29) is 6.04 Å². The Labute approximate surface area is 108 Å². The first-order valence-electron chi connectivity index (χ1n) is 5.68. The molecular formula is C10H13N5O2S. The minimum atomic E-state index is -0.411. The zero-order valence-corrected chi connectivity index (χ0v) is 10.9. The van der Waals surface area contributed by atoms with Gasteiger partial charge in [-0.15, -0.1) is 0 Å². The molecule has 3 rings (SSSR count). The average molecular weight is 267 g/mol. The maximum absolute atomic E-state index is 9.83. The summed E-state index contributed by atoms with van der Waals surface area (Å²) in [7, 11) is 0. The Morgan fingerprint density at radius 1 is 1.33 bits per heavy atom. The van der Waals surface area contributed by atoms with E-state index in [2.05, 4.69) is 19.5 Å². The maximum Gasteiger partial charge on any atom is 0.249 e. The molecule has 0 saturated carbocycles. The molecule has 1 aliphatic heterocycles. The Balaban J connectivity index is 1.92. The van der Waals surface area contributed by atoms with Gasteiger partial charge < -0.3 is 14.5 Å². The van der Waals surface area contributed by atoms with Crippen LogP contribution < -0.4 is 4.90 Å². The number of aryl methyl sites for hydroxylation is 2. The molecule has 0 unspecified atom stereocenters. The molecule has 0 radical (unpaired) electrons. The summed E-state index contributed by atoms with van der Waals surface area (Å²) in [6.45, 7) is 4.14. The second-order valence-electron chi connectivity index (χ2n) is 4.36. The molecule has 2 aromatic rings. The van der Waals surface area contributed by atoms with Gasteiger partial charge in [-0.3, -0.25) is 0 Å². The molecule has 8 heteroatoms. The van der Waals surface area contributed by atoms with Crippen LogP contribution in [0.5, 0.6) is 0 Å². The van der Waals surface area contributed by atoms with Crippen LogP contribution in [0.3, 0.4) is 0 Å². The number of aliphatic hydroxyl groups is 1. The van der Waals surface area contributed by atoms with Crippen molar-refractivity contribution < 1.29 is 9.63 Å². The van der Waals surface area contributed by atoms with Gasteiger partial charge >= 0.3 is 0 Å². The SMILES string of the molecule is Cc1noc([C@H]2C[C@@H](O)CN2c2nc(C)ns2)n1. The van der Waals surface area contributed by atoms with E-state index >= 15 is 0 Å². The third-order valence-corrected chi connectivity index (χ3v) is 3.71. The summed E-state index contributed by atoms with van der Waals surface area (Å²) < 4.78 is 9.36. The van der Waals surface area contributed by atoms with Crippen molar-refractivity contribution in [2.75, 3.05) is 11.4 Å². The number of hydrogen-bond acceptors (Lipinski definition) is 8. The molecule has 2 atom stereocenters. The monoisotopic (exact) mass is 267 g/mol. The van der Waals surface area contributed by atoms with Crippen LogP contribution >= 0.6 is 11.5 Å². The summed E-state index contributed by atoms with van der Waals surface area (Å²) in [5, 5.41) is 14.4. The standard InChI is InChI=1S/C10H13N5O2S/c1-5-11-9(17-13-5)8-3-7(16)4-15(8)10-12-6(2)14-18-10/h7-8,16H,3-4H2,1-2H3/t7-,8-/m1/s1. The Hall–Kier alpha value is -1.54. The summed E-state index contributed by atoms with van der Waals surface area (Å²) in [5.74, 6) is 1.86. The lowest BCUT2D eigenvalue weighted by molar-refractivity contribution is 0.191. The number of β-amino-alcohol motifs (C(OH)–C–C–N with tert-alkyl or cyclic N) is 1. The van der Waals surface area contributed by atoms with E-state index in [1.54, 1.807) is 6.92 Å². The van der Waals surface area contributed by atoms with Gasteiger partial charge in [0.05, 0.1) is 6.10 Å². The van der Waals surface area contributed by atoms with Crippen LogP contribution in [0.15, 0.2) is 4.52 Å². The van der Waals surface area contributed by atoms with Crippen molar-refractivity contribution in [3.63, 3.8) is 0 Å². The number of nitrogens with zero attached hydrogens (tertiary/aromatic N) is 5. The molecular weight excluding hydrogens is 254 g/mol. The van der Waals surface area contributed by atoms with Crippen LogP contribution in [0.25, 0.3) is 0 Å². The van der Waals surface area contributed by atoms with Crippen LogP contribution in [-0.4, -0.2) is 37.3 Å². The van der Waals surface area contributed by atoms with Gasteiger partial charge in [0.2, 0.25) is 11.0 Å². The molecule has 0 amide bonds. The quantitative estimate of drug-likeness (QED) is 0.862. The summed E-state index contributed by atoms with van der Waals surface area (Å²) in [4.78, 5) is 10.6. The Morgan fingerprint density at radius 2 is 2.17 bits per heavy atom. The third kappa shape index (κ3) is 1.97. The summed E-state index contributed by atoms with van der Waals surface area (Å²) in [5.41, 5.74) is 0. The van der Waals surface area contributed by atoms with Crippen molar-refractivity contribution in [2.24, 2.45) is 0 Å². The highest BCUT2D eigenvalue weighted by Gasteiger charge is 2.37. The first-order valence-corrected chi connectivity index (χ1v) is 6.46. The van der Waals surface area contributed by atoms with E-state index in [4.69, 9.17) is 4.52 Å². The van der Waals surface area contributed by atoms with Gasteiger partial charge in [-0.05, 0) is 13.8 Å². The highest BCUT2D eigenvalue weighted by molar-refractivity contribution is 7.09. The summed E-state index contributed by atoms with van der Waals surface area (Å²) in [6.07, 6.45) is 0.159. The van der Waals surface area contributed by atoms with E-state index in [1.165, 1.54) is 11.5 Å². The van der Waals surface area contributed by atoms with Crippen LogP contribution in [0.2, 0.25) is 0 Å². The third-order valence-electron chi connectivity index (χ3n) is 2.87. The molecule has 1 N–H and O–H groups in total. The lowest BCUT2D eigenvalue weighted by Gasteiger charge is -2.19. The molecule has 7 nitrogen and oxygen atoms in total. The second kappa shape index (κ2) is 4.29. The van der Waals surface area contributed by atoms with Crippen molar-refractivity contribution in [3.05, 3.63) is 17.5 Å². The van der Waals surface area contributed by atoms with E-state index in [9.17, 15) is 5.11 Å². The minimum absolute atomic E-state index is 0.117.